The average Bonchev–Trinajstić information content (AvgIpc) is 3.16. The summed E-state index contributed by atoms with van der Waals surface area (Å²) in [5.74, 6) is -1.70. The highest BCUT2D eigenvalue weighted by atomic mass is 32.2. The molecule has 13 heteroatoms. The molecule has 1 heterocycles. The lowest BCUT2D eigenvalue weighted by Gasteiger charge is -2.13. The van der Waals surface area contributed by atoms with Crippen LogP contribution in [0.5, 0.6) is 0 Å². The summed E-state index contributed by atoms with van der Waals surface area (Å²) >= 11 is 0. The van der Waals surface area contributed by atoms with Crippen molar-refractivity contribution in [2.24, 2.45) is 0 Å². The van der Waals surface area contributed by atoms with Crippen LogP contribution in [0.4, 0.5) is 36.4 Å². The standard InChI is InChI=1S/C22H14F7N3O2S/c1-35(33,34)32-15-8-7-13(11-5-3-2-4-6-11)17(18(15)23)20-30-16-10-12(21(24,25)26)9-14(19(16)31-20)22(27,28)29/h2-10,32H,1H3,(H,30,31). The highest BCUT2D eigenvalue weighted by molar-refractivity contribution is 7.92. The first-order chi connectivity index (χ1) is 16.1. The number of H-pyrrole nitrogens is 1. The third-order valence-electron chi connectivity index (χ3n) is 4.98. The summed E-state index contributed by atoms with van der Waals surface area (Å²) in [5, 5.41) is 0. The number of sulfonamides is 1. The van der Waals surface area contributed by atoms with E-state index in [1.807, 2.05) is 4.72 Å². The number of aromatic nitrogens is 2. The maximum absolute atomic E-state index is 15.6. The number of nitrogens with one attached hydrogen (secondary N) is 2. The Labute approximate surface area is 193 Å². The summed E-state index contributed by atoms with van der Waals surface area (Å²) < 4.78 is 121. The fourth-order valence-electron chi connectivity index (χ4n) is 3.56. The van der Waals surface area contributed by atoms with Gasteiger partial charge >= 0.3 is 12.4 Å². The highest BCUT2D eigenvalue weighted by Gasteiger charge is 2.39. The van der Waals surface area contributed by atoms with Gasteiger partial charge in [0.15, 0.2) is 5.82 Å². The second-order valence-corrected chi connectivity index (χ2v) is 9.34. The van der Waals surface area contributed by atoms with Crippen LogP contribution < -0.4 is 4.72 Å². The molecule has 2 N–H and O–H groups in total. The van der Waals surface area contributed by atoms with Gasteiger partial charge in [-0.05, 0) is 29.3 Å². The molecule has 184 valence electrons. The number of alkyl halides is 6. The van der Waals surface area contributed by atoms with Crippen molar-refractivity contribution in [1.29, 1.82) is 0 Å². The van der Waals surface area contributed by atoms with Crippen molar-refractivity contribution >= 4 is 26.7 Å². The summed E-state index contributed by atoms with van der Waals surface area (Å²) in [6.45, 7) is 0. The molecule has 0 saturated heterocycles. The Morgan fingerprint density at radius 3 is 2.14 bits per heavy atom. The normalized spacial score (nSPS) is 12.8. The minimum Gasteiger partial charge on any atom is -0.338 e. The van der Waals surface area contributed by atoms with Crippen molar-refractivity contribution in [3.05, 3.63) is 71.5 Å². The van der Waals surface area contributed by atoms with Crippen LogP contribution in [0.1, 0.15) is 11.1 Å². The van der Waals surface area contributed by atoms with Gasteiger partial charge in [-0.25, -0.2) is 17.8 Å². The van der Waals surface area contributed by atoms with Crippen LogP contribution in [0, 0.1) is 5.82 Å². The summed E-state index contributed by atoms with van der Waals surface area (Å²) in [6.07, 6.45) is -9.50. The molecule has 0 aliphatic carbocycles. The molecule has 0 aliphatic heterocycles. The number of aromatic amines is 1. The molecule has 0 atom stereocenters. The third kappa shape index (κ3) is 4.94. The Balaban J connectivity index is 2.05. The van der Waals surface area contributed by atoms with E-state index in [4.69, 9.17) is 0 Å². The molecule has 35 heavy (non-hydrogen) atoms. The second-order valence-electron chi connectivity index (χ2n) is 7.59. The van der Waals surface area contributed by atoms with Crippen LogP contribution in [0.2, 0.25) is 0 Å². The molecule has 0 bridgehead atoms. The van der Waals surface area contributed by atoms with Gasteiger partial charge in [0.2, 0.25) is 10.0 Å². The number of hydrogen-bond acceptors (Lipinski definition) is 3. The second kappa shape index (κ2) is 8.26. The van der Waals surface area contributed by atoms with Crippen molar-refractivity contribution in [3.63, 3.8) is 0 Å². The Kier molecular flexibility index (Phi) is 5.78. The van der Waals surface area contributed by atoms with Crippen LogP contribution >= 0.6 is 0 Å². The molecule has 0 unspecified atom stereocenters. The van der Waals surface area contributed by atoms with Gasteiger partial charge in [-0.2, -0.15) is 26.3 Å². The Morgan fingerprint density at radius 2 is 1.57 bits per heavy atom. The monoisotopic (exact) mass is 517 g/mol. The van der Waals surface area contributed by atoms with Crippen LogP contribution in [0.15, 0.2) is 54.6 Å². The zero-order valence-corrected chi connectivity index (χ0v) is 18.3. The van der Waals surface area contributed by atoms with E-state index in [9.17, 15) is 34.8 Å². The molecule has 0 fully saturated rings. The van der Waals surface area contributed by atoms with Gasteiger partial charge in [-0.15, -0.1) is 0 Å². The topological polar surface area (TPSA) is 74.8 Å². The molecular weight excluding hydrogens is 503 g/mol. The molecule has 3 aromatic carbocycles. The summed E-state index contributed by atoms with van der Waals surface area (Å²) in [7, 11) is -3.94. The zero-order chi connectivity index (χ0) is 25.8. The quantitative estimate of drug-likeness (QED) is 0.306. The molecule has 5 nitrogen and oxygen atoms in total. The van der Waals surface area contributed by atoms with Gasteiger partial charge < -0.3 is 4.98 Å². The first kappa shape index (κ1) is 24.5. The Hall–Kier alpha value is -3.61. The maximum atomic E-state index is 15.6. The highest BCUT2D eigenvalue weighted by Crippen LogP contribution is 2.42. The van der Waals surface area contributed by atoms with Crippen LogP contribution in [0.25, 0.3) is 33.5 Å². The van der Waals surface area contributed by atoms with E-state index in [0.29, 0.717) is 11.6 Å². The molecule has 0 saturated carbocycles. The van der Waals surface area contributed by atoms with E-state index in [2.05, 4.69) is 9.97 Å². The first-order valence-electron chi connectivity index (χ1n) is 9.69. The minimum absolute atomic E-state index is 0.0664. The average molecular weight is 517 g/mol. The summed E-state index contributed by atoms with van der Waals surface area (Å²) in [5.41, 5.74) is -5.12. The zero-order valence-electron chi connectivity index (χ0n) is 17.5. The molecule has 0 radical (unpaired) electrons. The van der Waals surface area contributed by atoms with Gasteiger partial charge in [0.05, 0.1) is 34.2 Å². The van der Waals surface area contributed by atoms with Crippen molar-refractivity contribution in [2.45, 2.75) is 12.4 Å². The van der Waals surface area contributed by atoms with E-state index in [-0.39, 0.29) is 11.6 Å². The molecule has 0 aliphatic rings. The number of nitrogens with zero attached hydrogens (tertiary/aromatic N) is 1. The fourth-order valence-corrected chi connectivity index (χ4v) is 4.12. The number of halogens is 7. The third-order valence-corrected chi connectivity index (χ3v) is 5.57. The molecule has 4 rings (SSSR count). The predicted molar refractivity (Wildman–Crippen MR) is 115 cm³/mol. The van der Waals surface area contributed by atoms with E-state index in [1.165, 1.54) is 6.07 Å². The van der Waals surface area contributed by atoms with Gasteiger partial charge in [0, 0.05) is 0 Å². The van der Waals surface area contributed by atoms with Crippen LogP contribution in [-0.2, 0) is 22.4 Å². The molecular formula is C22H14F7N3O2S. The van der Waals surface area contributed by atoms with Crippen molar-refractivity contribution in [3.8, 4) is 22.5 Å². The lowest BCUT2D eigenvalue weighted by atomic mass is 9.98. The van der Waals surface area contributed by atoms with E-state index in [0.717, 1.165) is 12.3 Å². The number of hydrogen-bond donors (Lipinski definition) is 2. The molecule has 0 spiro atoms. The predicted octanol–water partition coefficient (Wildman–Crippen LogP) is 6.45. The van der Waals surface area contributed by atoms with E-state index < -0.39 is 67.4 Å². The van der Waals surface area contributed by atoms with Crippen molar-refractivity contribution < 1.29 is 39.2 Å². The Morgan fingerprint density at radius 1 is 0.914 bits per heavy atom. The van der Waals surface area contributed by atoms with E-state index >= 15 is 4.39 Å². The van der Waals surface area contributed by atoms with Gasteiger partial charge in [-0.1, -0.05) is 36.4 Å². The van der Waals surface area contributed by atoms with Gasteiger partial charge in [0.25, 0.3) is 0 Å². The van der Waals surface area contributed by atoms with Gasteiger partial charge in [0.1, 0.15) is 11.3 Å². The van der Waals surface area contributed by atoms with Crippen molar-refractivity contribution in [1.82, 2.24) is 9.97 Å². The lowest BCUT2D eigenvalue weighted by Crippen LogP contribution is -2.11. The van der Waals surface area contributed by atoms with Crippen LogP contribution in [-0.4, -0.2) is 24.6 Å². The number of imidazole rings is 1. The lowest BCUT2D eigenvalue weighted by molar-refractivity contribution is -0.142. The maximum Gasteiger partial charge on any atom is 0.418 e. The number of rotatable bonds is 4. The minimum atomic E-state index is -5.19. The molecule has 4 aromatic rings. The number of fused-ring (bicyclic) bond motifs is 1. The summed E-state index contributed by atoms with van der Waals surface area (Å²) in [6, 6.07) is 10.8. The smallest absolute Gasteiger partial charge is 0.338 e. The van der Waals surface area contributed by atoms with E-state index in [1.54, 1.807) is 30.3 Å². The van der Waals surface area contributed by atoms with Gasteiger partial charge in [-0.3, -0.25) is 4.72 Å². The largest absolute Gasteiger partial charge is 0.418 e. The van der Waals surface area contributed by atoms with Crippen molar-refractivity contribution in [2.75, 3.05) is 11.0 Å². The fraction of sp³-hybridized carbons (Fsp3) is 0.136. The van der Waals surface area contributed by atoms with Crippen LogP contribution in [0.3, 0.4) is 0 Å². The SMILES string of the molecule is CS(=O)(=O)Nc1ccc(-c2ccccc2)c(-c2nc3c(C(F)(F)F)cc(C(F)(F)F)cc3[nH]2)c1F. The number of anilines is 1. The number of benzene rings is 3. The molecule has 0 amide bonds. The summed E-state index contributed by atoms with van der Waals surface area (Å²) in [4.78, 5) is 6.15. The Bertz CT molecular complexity index is 1530. The molecule has 1 aromatic heterocycles. The first-order valence-corrected chi connectivity index (χ1v) is 11.6.